The molecule has 1 fully saturated rings. The molecule has 1 aliphatic rings. The highest BCUT2D eigenvalue weighted by Gasteiger charge is 2.34. The van der Waals surface area contributed by atoms with Crippen molar-refractivity contribution in [3.63, 3.8) is 0 Å². The van der Waals surface area contributed by atoms with Crippen LogP contribution in [0.2, 0.25) is 0 Å². The van der Waals surface area contributed by atoms with Crippen LogP contribution in [0.4, 0.5) is 5.69 Å². The van der Waals surface area contributed by atoms with Crippen molar-refractivity contribution in [3.05, 3.63) is 53.0 Å². The summed E-state index contributed by atoms with van der Waals surface area (Å²) in [6, 6.07) is 10.6. The molecule has 2 aromatic heterocycles. The zero-order valence-corrected chi connectivity index (χ0v) is 15.3. The van der Waals surface area contributed by atoms with E-state index in [1.165, 1.54) is 6.39 Å². The second-order valence-corrected chi connectivity index (χ2v) is 7.35. The molecule has 0 saturated carbocycles. The fourth-order valence-electron chi connectivity index (χ4n) is 3.26. The van der Waals surface area contributed by atoms with E-state index in [4.69, 9.17) is 4.42 Å². The van der Waals surface area contributed by atoms with Crippen LogP contribution < -0.4 is 5.32 Å². The third kappa shape index (κ3) is 3.90. The molecular weight excluding hydrogens is 364 g/mol. The minimum absolute atomic E-state index is 0.00490. The van der Waals surface area contributed by atoms with Crippen molar-refractivity contribution in [1.29, 1.82) is 0 Å². The number of amides is 2. The second-order valence-electron chi connectivity index (χ2n) is 6.32. The van der Waals surface area contributed by atoms with E-state index in [1.807, 2.05) is 29.6 Å². The normalized spacial score (nSPS) is 16.4. The lowest BCUT2D eigenvalue weighted by Crippen LogP contribution is -2.43. The van der Waals surface area contributed by atoms with E-state index >= 15 is 0 Å². The summed E-state index contributed by atoms with van der Waals surface area (Å²) in [6.07, 6.45) is 3.10. The first-order chi connectivity index (χ1) is 13.2. The highest BCUT2D eigenvalue weighted by Crippen LogP contribution is 2.24. The summed E-state index contributed by atoms with van der Waals surface area (Å²) in [4.78, 5) is 28.1. The number of carbonyl (C=O) groups excluding carboxylic acids is 2. The lowest BCUT2D eigenvalue weighted by molar-refractivity contribution is -0.136. The third-order valence-electron chi connectivity index (χ3n) is 4.52. The van der Waals surface area contributed by atoms with Gasteiger partial charge in [-0.15, -0.1) is 21.5 Å². The first-order valence-corrected chi connectivity index (χ1v) is 9.58. The van der Waals surface area contributed by atoms with Gasteiger partial charge in [0.15, 0.2) is 0 Å². The largest absolute Gasteiger partial charge is 0.423 e. The van der Waals surface area contributed by atoms with E-state index in [2.05, 4.69) is 15.5 Å². The monoisotopic (exact) mass is 382 g/mol. The molecule has 7 nitrogen and oxygen atoms in total. The fourth-order valence-corrected chi connectivity index (χ4v) is 3.95. The Morgan fingerprint density at radius 1 is 1.30 bits per heavy atom. The molecule has 138 valence electrons. The van der Waals surface area contributed by atoms with Gasteiger partial charge < -0.3 is 14.6 Å². The Balaban J connectivity index is 1.44. The molecule has 4 rings (SSSR count). The SMILES string of the molecule is O=C(Nc1cccc(-c2nnco2)c1)C1CCCN1C(=O)Cc1cccs1. The second kappa shape index (κ2) is 7.71. The number of thiophene rings is 1. The van der Waals surface area contributed by atoms with Crippen LogP contribution in [0, 0.1) is 0 Å². The minimum Gasteiger partial charge on any atom is -0.423 e. The van der Waals surface area contributed by atoms with Gasteiger partial charge in [-0.1, -0.05) is 12.1 Å². The molecule has 27 heavy (non-hydrogen) atoms. The van der Waals surface area contributed by atoms with Crippen LogP contribution in [0.5, 0.6) is 0 Å². The molecule has 0 bridgehead atoms. The molecule has 1 saturated heterocycles. The van der Waals surface area contributed by atoms with Crippen LogP contribution in [0.1, 0.15) is 17.7 Å². The molecule has 1 aliphatic heterocycles. The Hall–Kier alpha value is -3.00. The molecule has 1 atom stereocenters. The third-order valence-corrected chi connectivity index (χ3v) is 5.39. The molecule has 1 unspecified atom stereocenters. The number of anilines is 1. The van der Waals surface area contributed by atoms with E-state index in [-0.39, 0.29) is 11.8 Å². The van der Waals surface area contributed by atoms with Gasteiger partial charge in [0.25, 0.3) is 0 Å². The summed E-state index contributed by atoms with van der Waals surface area (Å²) in [5.74, 6) is 0.212. The van der Waals surface area contributed by atoms with Crippen LogP contribution in [-0.2, 0) is 16.0 Å². The van der Waals surface area contributed by atoms with E-state index in [0.717, 1.165) is 16.9 Å². The Labute approximate surface area is 160 Å². The number of hydrogen-bond donors (Lipinski definition) is 1. The van der Waals surface area contributed by atoms with Crippen molar-refractivity contribution >= 4 is 28.8 Å². The van der Waals surface area contributed by atoms with Crippen LogP contribution >= 0.6 is 11.3 Å². The van der Waals surface area contributed by atoms with Gasteiger partial charge in [0.1, 0.15) is 6.04 Å². The summed E-state index contributed by atoms with van der Waals surface area (Å²) in [5, 5.41) is 12.4. The lowest BCUT2D eigenvalue weighted by Gasteiger charge is -2.24. The number of nitrogens with zero attached hydrogens (tertiary/aromatic N) is 3. The lowest BCUT2D eigenvalue weighted by atomic mass is 10.1. The van der Waals surface area contributed by atoms with E-state index < -0.39 is 6.04 Å². The zero-order chi connectivity index (χ0) is 18.6. The minimum atomic E-state index is -0.440. The van der Waals surface area contributed by atoms with Crippen LogP contribution in [0.15, 0.2) is 52.6 Å². The van der Waals surface area contributed by atoms with Gasteiger partial charge in [0.2, 0.25) is 24.1 Å². The highest BCUT2D eigenvalue weighted by molar-refractivity contribution is 7.10. The molecule has 3 aromatic rings. The van der Waals surface area contributed by atoms with Crippen molar-refractivity contribution in [3.8, 4) is 11.5 Å². The molecule has 0 aliphatic carbocycles. The fraction of sp³-hybridized carbons (Fsp3) is 0.263. The van der Waals surface area contributed by atoms with E-state index in [1.54, 1.807) is 28.4 Å². The number of benzene rings is 1. The first kappa shape index (κ1) is 17.4. The quantitative estimate of drug-likeness (QED) is 0.733. The van der Waals surface area contributed by atoms with E-state index in [0.29, 0.717) is 31.0 Å². The maximum absolute atomic E-state index is 12.8. The van der Waals surface area contributed by atoms with Crippen molar-refractivity contribution in [2.45, 2.75) is 25.3 Å². The topological polar surface area (TPSA) is 88.3 Å². The van der Waals surface area contributed by atoms with Crippen LogP contribution in [-0.4, -0.2) is 39.5 Å². The standard InChI is InChI=1S/C19H18N4O3S/c24-17(11-15-6-3-9-27-15)23-8-2-7-16(23)18(25)21-14-5-1-4-13(10-14)19-22-20-12-26-19/h1,3-6,9-10,12,16H,2,7-8,11H2,(H,21,25). The molecule has 8 heteroatoms. The summed E-state index contributed by atoms with van der Waals surface area (Å²) in [7, 11) is 0. The van der Waals surface area contributed by atoms with Gasteiger partial charge in [0.05, 0.1) is 6.42 Å². The Kier molecular flexibility index (Phi) is 4.97. The molecule has 2 amide bonds. The Morgan fingerprint density at radius 2 is 2.22 bits per heavy atom. The number of carbonyl (C=O) groups is 2. The Bertz CT molecular complexity index is 924. The van der Waals surface area contributed by atoms with Gasteiger partial charge in [0, 0.05) is 22.7 Å². The molecular formula is C19H18N4O3S. The van der Waals surface area contributed by atoms with Crippen LogP contribution in [0.25, 0.3) is 11.5 Å². The summed E-state index contributed by atoms with van der Waals surface area (Å²) in [6.45, 7) is 0.615. The van der Waals surface area contributed by atoms with Gasteiger partial charge in [-0.3, -0.25) is 9.59 Å². The molecule has 0 spiro atoms. The van der Waals surface area contributed by atoms with Crippen molar-refractivity contribution in [2.75, 3.05) is 11.9 Å². The number of rotatable bonds is 5. The molecule has 1 N–H and O–H groups in total. The van der Waals surface area contributed by atoms with Gasteiger partial charge in [-0.05, 0) is 42.5 Å². The maximum atomic E-state index is 12.8. The average Bonchev–Trinajstić information content (AvgIpc) is 3.43. The zero-order valence-electron chi connectivity index (χ0n) is 14.5. The molecule has 0 radical (unpaired) electrons. The highest BCUT2D eigenvalue weighted by atomic mass is 32.1. The predicted molar refractivity (Wildman–Crippen MR) is 101 cm³/mol. The summed E-state index contributed by atoms with van der Waals surface area (Å²) in [5.41, 5.74) is 1.36. The predicted octanol–water partition coefficient (Wildman–Crippen LogP) is 2.97. The van der Waals surface area contributed by atoms with Gasteiger partial charge in [-0.25, -0.2) is 0 Å². The van der Waals surface area contributed by atoms with Crippen molar-refractivity contribution in [2.24, 2.45) is 0 Å². The summed E-state index contributed by atoms with van der Waals surface area (Å²) < 4.78 is 5.19. The number of hydrogen-bond acceptors (Lipinski definition) is 6. The van der Waals surface area contributed by atoms with Crippen molar-refractivity contribution < 1.29 is 14.0 Å². The first-order valence-electron chi connectivity index (χ1n) is 8.70. The van der Waals surface area contributed by atoms with E-state index in [9.17, 15) is 9.59 Å². The van der Waals surface area contributed by atoms with Crippen molar-refractivity contribution in [1.82, 2.24) is 15.1 Å². The molecule has 3 heterocycles. The Morgan fingerprint density at radius 3 is 3.00 bits per heavy atom. The van der Waals surface area contributed by atoms with Gasteiger partial charge >= 0.3 is 0 Å². The maximum Gasteiger partial charge on any atom is 0.247 e. The number of likely N-dealkylation sites (tertiary alicyclic amines) is 1. The number of aromatic nitrogens is 2. The van der Waals surface area contributed by atoms with Gasteiger partial charge in [-0.2, -0.15) is 0 Å². The average molecular weight is 382 g/mol. The molecule has 1 aromatic carbocycles. The summed E-state index contributed by atoms with van der Waals surface area (Å²) >= 11 is 1.55. The van der Waals surface area contributed by atoms with Crippen LogP contribution in [0.3, 0.4) is 0 Å². The number of nitrogens with one attached hydrogen (secondary N) is 1. The smallest absolute Gasteiger partial charge is 0.247 e.